The summed E-state index contributed by atoms with van der Waals surface area (Å²) in [6.45, 7) is 6.42. The number of hydrogen-bond donors (Lipinski definition) is 2. The molecule has 2 heterocycles. The Hall–Kier alpha value is -3.15. The highest BCUT2D eigenvalue weighted by Crippen LogP contribution is 2.21. The number of amides is 2. The summed E-state index contributed by atoms with van der Waals surface area (Å²) in [5.74, 6) is 1.24. The van der Waals surface area contributed by atoms with E-state index < -0.39 is 6.04 Å². The molecule has 0 spiro atoms. The van der Waals surface area contributed by atoms with Gasteiger partial charge >= 0.3 is 0 Å². The third-order valence-electron chi connectivity index (χ3n) is 5.36. The molecular weight excluding hydrogens is 376 g/mol. The monoisotopic (exact) mass is 406 g/mol. The van der Waals surface area contributed by atoms with Crippen molar-refractivity contribution in [2.75, 3.05) is 18.0 Å². The molecule has 0 radical (unpaired) electrons. The van der Waals surface area contributed by atoms with Crippen LogP contribution in [0.2, 0.25) is 0 Å². The first-order valence-electron chi connectivity index (χ1n) is 10.5. The Kier molecular flexibility index (Phi) is 7.60. The number of hydrogen-bond acceptors (Lipinski definition) is 4. The second-order valence-electron chi connectivity index (χ2n) is 7.89. The van der Waals surface area contributed by atoms with E-state index in [0.29, 0.717) is 6.54 Å². The first-order chi connectivity index (χ1) is 14.5. The minimum atomic E-state index is -0.625. The maximum atomic E-state index is 12.3. The van der Waals surface area contributed by atoms with E-state index in [1.54, 1.807) is 19.2 Å². The van der Waals surface area contributed by atoms with E-state index in [4.69, 9.17) is 0 Å². The predicted octanol–water partition coefficient (Wildman–Crippen LogP) is 3.15. The molecule has 0 aliphatic carbocycles. The van der Waals surface area contributed by atoms with Crippen molar-refractivity contribution in [1.82, 2.24) is 15.6 Å². The second kappa shape index (κ2) is 10.6. The molecule has 0 bridgehead atoms. The van der Waals surface area contributed by atoms with E-state index in [1.807, 2.05) is 42.5 Å². The highest BCUT2D eigenvalue weighted by Gasteiger charge is 2.17. The number of anilines is 1. The third-order valence-corrected chi connectivity index (χ3v) is 5.36. The summed E-state index contributed by atoms with van der Waals surface area (Å²) in [5.41, 5.74) is 1.86. The molecule has 1 saturated heterocycles. The fraction of sp³-hybridized carbons (Fsp3) is 0.375. The molecule has 1 unspecified atom stereocenters. The van der Waals surface area contributed by atoms with Crippen molar-refractivity contribution in [3.05, 3.63) is 65.9 Å². The van der Waals surface area contributed by atoms with Gasteiger partial charge in [0, 0.05) is 31.9 Å². The van der Waals surface area contributed by atoms with Gasteiger partial charge in [0.15, 0.2) is 0 Å². The molecule has 1 aromatic heterocycles. The van der Waals surface area contributed by atoms with Crippen LogP contribution in [0.1, 0.15) is 37.8 Å². The van der Waals surface area contributed by atoms with E-state index in [9.17, 15) is 9.59 Å². The lowest BCUT2D eigenvalue weighted by Gasteiger charge is -2.31. The van der Waals surface area contributed by atoms with Gasteiger partial charge in [0.25, 0.3) is 0 Å². The zero-order valence-corrected chi connectivity index (χ0v) is 17.7. The molecule has 2 amide bonds. The van der Waals surface area contributed by atoms with E-state index in [0.717, 1.165) is 36.0 Å². The van der Waals surface area contributed by atoms with Gasteiger partial charge in [-0.15, -0.1) is 0 Å². The average molecular weight is 407 g/mol. The summed E-state index contributed by atoms with van der Waals surface area (Å²) in [5, 5.41) is 5.53. The number of benzene rings is 1. The second-order valence-corrected chi connectivity index (χ2v) is 7.89. The van der Waals surface area contributed by atoms with Gasteiger partial charge in [-0.25, -0.2) is 4.98 Å². The maximum absolute atomic E-state index is 12.3. The van der Waals surface area contributed by atoms with Crippen LogP contribution in [0.5, 0.6) is 0 Å². The van der Waals surface area contributed by atoms with Gasteiger partial charge in [0.05, 0.1) is 0 Å². The fourth-order valence-corrected chi connectivity index (χ4v) is 3.35. The van der Waals surface area contributed by atoms with Crippen LogP contribution in [0, 0.1) is 5.92 Å². The molecule has 1 atom stereocenters. The van der Waals surface area contributed by atoms with Gasteiger partial charge < -0.3 is 15.5 Å². The lowest BCUT2D eigenvalue weighted by atomic mass is 9.99. The lowest BCUT2D eigenvalue weighted by Crippen LogP contribution is -2.44. The van der Waals surface area contributed by atoms with Crippen molar-refractivity contribution in [2.45, 2.75) is 39.3 Å². The fourth-order valence-electron chi connectivity index (χ4n) is 3.35. The number of nitrogens with zero attached hydrogens (tertiary/aromatic N) is 2. The van der Waals surface area contributed by atoms with Crippen LogP contribution in [0.3, 0.4) is 0 Å². The van der Waals surface area contributed by atoms with Crippen molar-refractivity contribution in [3.8, 4) is 0 Å². The molecule has 3 rings (SSSR count). The molecule has 2 N–H and O–H groups in total. The van der Waals surface area contributed by atoms with Crippen LogP contribution in [-0.2, 0) is 16.1 Å². The van der Waals surface area contributed by atoms with Crippen molar-refractivity contribution >= 4 is 23.7 Å². The largest absolute Gasteiger partial charge is 0.357 e. The molecule has 30 heavy (non-hydrogen) atoms. The Morgan fingerprint density at radius 3 is 2.57 bits per heavy atom. The van der Waals surface area contributed by atoms with Crippen LogP contribution in [0.25, 0.3) is 6.08 Å². The summed E-state index contributed by atoms with van der Waals surface area (Å²) in [4.78, 5) is 31.2. The molecule has 2 aromatic rings. The van der Waals surface area contributed by atoms with Crippen LogP contribution in [-0.4, -0.2) is 35.9 Å². The lowest BCUT2D eigenvalue weighted by molar-refractivity contribution is -0.126. The van der Waals surface area contributed by atoms with E-state index in [2.05, 4.69) is 27.4 Å². The highest BCUT2D eigenvalue weighted by molar-refractivity contribution is 5.95. The van der Waals surface area contributed by atoms with Crippen LogP contribution in [0.15, 0.2) is 54.7 Å². The molecule has 6 nitrogen and oxygen atoms in total. The van der Waals surface area contributed by atoms with Crippen molar-refractivity contribution in [3.63, 3.8) is 0 Å². The summed E-state index contributed by atoms with van der Waals surface area (Å²) in [6, 6.07) is 12.9. The molecular formula is C24H30N4O2. The average Bonchev–Trinajstić information content (AvgIpc) is 2.77. The quantitative estimate of drug-likeness (QED) is 0.693. The molecule has 6 heteroatoms. The molecule has 0 saturated carbocycles. The topological polar surface area (TPSA) is 74.3 Å². The smallest absolute Gasteiger partial charge is 0.244 e. The van der Waals surface area contributed by atoms with Crippen molar-refractivity contribution in [2.24, 2.45) is 5.92 Å². The molecule has 1 fully saturated rings. The van der Waals surface area contributed by atoms with E-state index in [1.165, 1.54) is 18.9 Å². The van der Waals surface area contributed by atoms with Gasteiger partial charge in [0.1, 0.15) is 11.9 Å². The first-order valence-corrected chi connectivity index (χ1v) is 10.5. The summed E-state index contributed by atoms with van der Waals surface area (Å²) >= 11 is 0. The number of aromatic nitrogens is 1. The SMILES string of the molecule is CC1CCN(c2ccc(CNC(=O)C(C)NC(=O)/C=C/c3ccccc3)cn2)CC1. The predicted molar refractivity (Wildman–Crippen MR) is 120 cm³/mol. The summed E-state index contributed by atoms with van der Waals surface area (Å²) < 4.78 is 0. The van der Waals surface area contributed by atoms with Gasteiger partial charge in [-0.3, -0.25) is 9.59 Å². The highest BCUT2D eigenvalue weighted by atomic mass is 16.2. The van der Waals surface area contributed by atoms with Crippen LogP contribution in [0.4, 0.5) is 5.82 Å². The minimum absolute atomic E-state index is 0.231. The number of pyridine rings is 1. The third kappa shape index (κ3) is 6.44. The van der Waals surface area contributed by atoms with Gasteiger partial charge in [-0.05, 0) is 49.0 Å². The molecule has 1 aliphatic rings. The van der Waals surface area contributed by atoms with Crippen molar-refractivity contribution in [1.29, 1.82) is 0 Å². The van der Waals surface area contributed by atoms with E-state index >= 15 is 0 Å². The van der Waals surface area contributed by atoms with E-state index in [-0.39, 0.29) is 11.8 Å². The van der Waals surface area contributed by atoms with Gasteiger partial charge in [-0.2, -0.15) is 0 Å². The summed E-state index contributed by atoms with van der Waals surface area (Å²) in [7, 11) is 0. The summed E-state index contributed by atoms with van der Waals surface area (Å²) in [6.07, 6.45) is 7.35. The Morgan fingerprint density at radius 1 is 1.17 bits per heavy atom. The van der Waals surface area contributed by atoms with Gasteiger partial charge in [0.2, 0.25) is 11.8 Å². The number of piperidine rings is 1. The Labute approximate surface area is 178 Å². The minimum Gasteiger partial charge on any atom is -0.357 e. The maximum Gasteiger partial charge on any atom is 0.244 e. The number of rotatable bonds is 7. The zero-order chi connectivity index (χ0) is 21.3. The van der Waals surface area contributed by atoms with Crippen molar-refractivity contribution < 1.29 is 9.59 Å². The Bertz CT molecular complexity index is 857. The molecule has 1 aliphatic heterocycles. The Morgan fingerprint density at radius 2 is 1.90 bits per heavy atom. The zero-order valence-electron chi connectivity index (χ0n) is 17.7. The molecule has 1 aromatic carbocycles. The number of nitrogens with one attached hydrogen (secondary N) is 2. The van der Waals surface area contributed by atoms with Crippen LogP contribution < -0.4 is 15.5 Å². The van der Waals surface area contributed by atoms with Crippen LogP contribution >= 0.6 is 0 Å². The normalized spacial score (nSPS) is 15.7. The standard InChI is InChI=1S/C24H30N4O2/c1-18-12-14-28(15-13-18)22-10-8-21(16-25-22)17-26-24(30)19(2)27-23(29)11-9-20-6-4-3-5-7-20/h3-11,16,18-19H,12-15,17H2,1-2H3,(H,26,30)(H,27,29)/b11-9+. The number of carbonyl (C=O) groups is 2. The Balaban J connectivity index is 1.43. The van der Waals surface area contributed by atoms with Gasteiger partial charge in [-0.1, -0.05) is 43.3 Å². The molecule has 158 valence electrons. The first kappa shape index (κ1) is 21.6. The number of carbonyl (C=O) groups excluding carboxylic acids is 2.